The van der Waals surface area contributed by atoms with E-state index in [9.17, 15) is 4.79 Å². The molecule has 5 heteroatoms. The third kappa shape index (κ3) is 3.80. The van der Waals surface area contributed by atoms with Crippen molar-refractivity contribution in [3.8, 4) is 17.6 Å². The Morgan fingerprint density at radius 1 is 1.17 bits per heavy atom. The van der Waals surface area contributed by atoms with Crippen LogP contribution in [0, 0.1) is 11.3 Å². The molecule has 0 aliphatic carbocycles. The second kappa shape index (κ2) is 7.32. The van der Waals surface area contributed by atoms with Crippen LogP contribution in [0.25, 0.3) is 0 Å². The number of amides is 1. The zero-order valence-electron chi connectivity index (χ0n) is 13.4. The van der Waals surface area contributed by atoms with Crippen LogP contribution in [0.2, 0.25) is 0 Å². The van der Waals surface area contributed by atoms with Gasteiger partial charge in [0.15, 0.2) is 0 Å². The molecule has 2 aromatic rings. The number of carbonyl (C=O) groups is 1. The van der Waals surface area contributed by atoms with Crippen molar-refractivity contribution in [1.29, 1.82) is 5.26 Å². The zero-order chi connectivity index (χ0) is 16.8. The summed E-state index contributed by atoms with van der Waals surface area (Å²) in [4.78, 5) is 14.1. The summed E-state index contributed by atoms with van der Waals surface area (Å²) in [6.45, 7) is 0.392. The molecule has 0 saturated carbocycles. The molecule has 0 aliphatic rings. The third-order valence-electron chi connectivity index (χ3n) is 3.49. The van der Waals surface area contributed by atoms with Gasteiger partial charge in [-0.3, -0.25) is 4.79 Å². The monoisotopic (exact) mass is 310 g/mol. The molecule has 0 aliphatic heterocycles. The standard InChI is InChI=1S/C18H18N2O3/c1-20(18(21)14-6-4-5-13(9-14)11-19)12-15-7-8-16(22-2)10-17(15)23-3/h4-10H,12H2,1-3H3. The minimum Gasteiger partial charge on any atom is -0.497 e. The molecule has 0 spiro atoms. The average Bonchev–Trinajstić information content (AvgIpc) is 2.61. The molecule has 5 nitrogen and oxygen atoms in total. The van der Waals surface area contributed by atoms with Crippen LogP contribution in [0.3, 0.4) is 0 Å². The maximum atomic E-state index is 12.5. The van der Waals surface area contributed by atoms with Crippen LogP contribution in [0.1, 0.15) is 21.5 Å². The van der Waals surface area contributed by atoms with E-state index in [-0.39, 0.29) is 5.91 Å². The average molecular weight is 310 g/mol. The van der Waals surface area contributed by atoms with E-state index in [1.807, 2.05) is 18.2 Å². The van der Waals surface area contributed by atoms with E-state index in [4.69, 9.17) is 14.7 Å². The third-order valence-corrected chi connectivity index (χ3v) is 3.49. The van der Waals surface area contributed by atoms with Gasteiger partial charge in [-0.1, -0.05) is 6.07 Å². The summed E-state index contributed by atoms with van der Waals surface area (Å²) in [5, 5.41) is 8.93. The molecule has 0 bridgehead atoms. The fraction of sp³-hybridized carbons (Fsp3) is 0.222. The summed E-state index contributed by atoms with van der Waals surface area (Å²) in [5.41, 5.74) is 1.82. The number of nitrogens with zero attached hydrogens (tertiary/aromatic N) is 2. The van der Waals surface area contributed by atoms with Crippen LogP contribution >= 0.6 is 0 Å². The molecule has 0 radical (unpaired) electrons. The van der Waals surface area contributed by atoms with E-state index < -0.39 is 0 Å². The number of hydrogen-bond donors (Lipinski definition) is 0. The van der Waals surface area contributed by atoms with E-state index in [0.29, 0.717) is 29.2 Å². The molecule has 0 saturated heterocycles. The quantitative estimate of drug-likeness (QED) is 0.852. The lowest BCUT2D eigenvalue weighted by atomic mass is 10.1. The maximum absolute atomic E-state index is 12.5. The van der Waals surface area contributed by atoms with Crippen LogP contribution in [0.15, 0.2) is 42.5 Å². The van der Waals surface area contributed by atoms with Gasteiger partial charge in [0.05, 0.1) is 25.9 Å². The Morgan fingerprint density at radius 2 is 1.96 bits per heavy atom. The van der Waals surface area contributed by atoms with Gasteiger partial charge < -0.3 is 14.4 Å². The van der Waals surface area contributed by atoms with Gasteiger partial charge in [0, 0.05) is 30.8 Å². The summed E-state index contributed by atoms with van der Waals surface area (Å²) in [5.74, 6) is 1.20. The van der Waals surface area contributed by atoms with E-state index >= 15 is 0 Å². The highest BCUT2D eigenvalue weighted by atomic mass is 16.5. The van der Waals surface area contributed by atoms with E-state index in [2.05, 4.69) is 0 Å². The van der Waals surface area contributed by atoms with Gasteiger partial charge in [0.25, 0.3) is 5.91 Å². The van der Waals surface area contributed by atoms with Gasteiger partial charge >= 0.3 is 0 Å². The SMILES string of the molecule is COc1ccc(CN(C)C(=O)c2cccc(C#N)c2)c(OC)c1. The first kappa shape index (κ1) is 16.4. The number of rotatable bonds is 5. The van der Waals surface area contributed by atoms with Gasteiger partial charge in [-0.2, -0.15) is 5.26 Å². The minimum atomic E-state index is -0.153. The Labute approximate surface area is 135 Å². The highest BCUT2D eigenvalue weighted by molar-refractivity contribution is 5.94. The first-order chi connectivity index (χ1) is 11.1. The van der Waals surface area contributed by atoms with Gasteiger partial charge in [0.1, 0.15) is 11.5 Å². The normalized spacial score (nSPS) is 9.83. The number of hydrogen-bond acceptors (Lipinski definition) is 4. The second-order valence-electron chi connectivity index (χ2n) is 5.03. The summed E-state index contributed by atoms with van der Waals surface area (Å²) in [6.07, 6.45) is 0. The van der Waals surface area contributed by atoms with Crippen molar-refractivity contribution in [2.24, 2.45) is 0 Å². The van der Waals surface area contributed by atoms with Crippen molar-refractivity contribution in [2.45, 2.75) is 6.54 Å². The van der Waals surface area contributed by atoms with Gasteiger partial charge in [-0.15, -0.1) is 0 Å². The smallest absolute Gasteiger partial charge is 0.253 e. The number of ether oxygens (including phenoxy) is 2. The van der Waals surface area contributed by atoms with Crippen LogP contribution in [0.4, 0.5) is 0 Å². The lowest BCUT2D eigenvalue weighted by Gasteiger charge is -2.19. The predicted molar refractivity (Wildman–Crippen MR) is 86.5 cm³/mol. The highest BCUT2D eigenvalue weighted by Gasteiger charge is 2.15. The van der Waals surface area contributed by atoms with Crippen LogP contribution < -0.4 is 9.47 Å². The Morgan fingerprint density at radius 3 is 2.61 bits per heavy atom. The number of nitriles is 1. The lowest BCUT2D eigenvalue weighted by Crippen LogP contribution is -2.26. The van der Waals surface area contributed by atoms with E-state index in [1.54, 1.807) is 56.5 Å². The molecule has 0 unspecified atom stereocenters. The largest absolute Gasteiger partial charge is 0.497 e. The van der Waals surface area contributed by atoms with E-state index in [1.165, 1.54) is 0 Å². The van der Waals surface area contributed by atoms with Gasteiger partial charge in [-0.25, -0.2) is 0 Å². The predicted octanol–water partition coefficient (Wildman–Crippen LogP) is 2.85. The molecule has 1 amide bonds. The Bertz CT molecular complexity index is 750. The first-order valence-electron chi connectivity index (χ1n) is 7.05. The van der Waals surface area contributed by atoms with Crippen molar-refractivity contribution in [2.75, 3.05) is 21.3 Å². The van der Waals surface area contributed by atoms with E-state index in [0.717, 1.165) is 5.56 Å². The molecule has 0 heterocycles. The lowest BCUT2D eigenvalue weighted by molar-refractivity contribution is 0.0784. The van der Waals surface area contributed by atoms with Crippen molar-refractivity contribution in [3.05, 3.63) is 59.2 Å². The molecular formula is C18H18N2O3. The molecule has 23 heavy (non-hydrogen) atoms. The number of benzene rings is 2. The number of methoxy groups -OCH3 is 2. The maximum Gasteiger partial charge on any atom is 0.253 e. The summed E-state index contributed by atoms with van der Waals surface area (Å²) < 4.78 is 10.5. The minimum absolute atomic E-state index is 0.153. The first-order valence-corrected chi connectivity index (χ1v) is 7.05. The molecule has 0 fully saturated rings. The fourth-order valence-corrected chi connectivity index (χ4v) is 2.25. The Kier molecular flexibility index (Phi) is 5.21. The van der Waals surface area contributed by atoms with Crippen LogP contribution in [-0.2, 0) is 6.54 Å². The molecule has 118 valence electrons. The topological polar surface area (TPSA) is 62.6 Å². The summed E-state index contributed by atoms with van der Waals surface area (Å²) >= 11 is 0. The summed E-state index contributed by atoms with van der Waals surface area (Å²) in [6, 6.07) is 14.2. The second-order valence-corrected chi connectivity index (χ2v) is 5.03. The molecule has 0 aromatic heterocycles. The molecule has 0 N–H and O–H groups in total. The van der Waals surface area contributed by atoms with Crippen molar-refractivity contribution in [3.63, 3.8) is 0 Å². The molecule has 0 atom stereocenters. The van der Waals surface area contributed by atoms with Gasteiger partial charge in [0.2, 0.25) is 0 Å². The molecular weight excluding hydrogens is 292 g/mol. The number of carbonyl (C=O) groups excluding carboxylic acids is 1. The molecule has 2 rings (SSSR count). The zero-order valence-corrected chi connectivity index (χ0v) is 13.4. The fourth-order valence-electron chi connectivity index (χ4n) is 2.25. The van der Waals surface area contributed by atoms with Crippen LogP contribution in [-0.4, -0.2) is 32.1 Å². The Hall–Kier alpha value is -3.00. The van der Waals surface area contributed by atoms with Crippen molar-refractivity contribution < 1.29 is 14.3 Å². The molecule has 2 aromatic carbocycles. The Balaban J connectivity index is 2.19. The van der Waals surface area contributed by atoms with Crippen molar-refractivity contribution in [1.82, 2.24) is 4.90 Å². The summed E-state index contributed by atoms with van der Waals surface area (Å²) in [7, 11) is 4.88. The van der Waals surface area contributed by atoms with Crippen LogP contribution in [0.5, 0.6) is 11.5 Å². The van der Waals surface area contributed by atoms with Gasteiger partial charge in [-0.05, 0) is 30.3 Å². The van der Waals surface area contributed by atoms with Crippen molar-refractivity contribution >= 4 is 5.91 Å². The highest BCUT2D eigenvalue weighted by Crippen LogP contribution is 2.25.